The van der Waals surface area contributed by atoms with Crippen molar-refractivity contribution in [1.29, 1.82) is 0 Å². The molecule has 7 rings (SSSR count). The first kappa shape index (κ1) is 36.0. The molecule has 0 saturated carbocycles. The van der Waals surface area contributed by atoms with Crippen molar-refractivity contribution >= 4 is 61.4 Å². The third-order valence-electron chi connectivity index (χ3n) is 9.72. The molecule has 0 radical (unpaired) electrons. The van der Waals surface area contributed by atoms with Gasteiger partial charge in [-0.15, -0.1) is 0 Å². The standard InChI is InChI=1S/C39H38Cl2FN5O4S/c1-39(2)11-9-27(35(22-39)25-3-5-28(40)6-4-25)24-46-13-15-47(16-14-46)31-7-8-34(36(21-31)51-32-17-26-10-12-43-37(26)44-23-32)38(48)45-52(49,50)33-19-29(41)18-30(42)20-33/h3-8,10,12,17-21,23H,9,11,13-16,22,24H2,1-2H3,(H,43,44)(H,45,48). The monoisotopic (exact) mass is 761 g/mol. The summed E-state index contributed by atoms with van der Waals surface area (Å²) in [6.07, 6.45) is 6.51. The maximum Gasteiger partial charge on any atom is 0.268 e. The van der Waals surface area contributed by atoms with Crippen molar-refractivity contribution in [2.75, 3.05) is 37.6 Å². The Morgan fingerprint density at radius 1 is 0.981 bits per heavy atom. The highest BCUT2D eigenvalue weighted by Gasteiger charge is 2.30. The summed E-state index contributed by atoms with van der Waals surface area (Å²) in [5.41, 5.74) is 5.84. The van der Waals surface area contributed by atoms with Gasteiger partial charge in [-0.2, -0.15) is 0 Å². The first-order valence-electron chi connectivity index (χ1n) is 17.0. The number of hydrogen-bond acceptors (Lipinski definition) is 7. The number of halogens is 3. The van der Waals surface area contributed by atoms with E-state index in [1.807, 2.05) is 22.9 Å². The van der Waals surface area contributed by atoms with Gasteiger partial charge in [0.2, 0.25) is 0 Å². The number of piperazine rings is 1. The summed E-state index contributed by atoms with van der Waals surface area (Å²) in [5, 5.41) is 1.42. The van der Waals surface area contributed by atoms with E-state index in [0.717, 1.165) is 86.3 Å². The summed E-state index contributed by atoms with van der Waals surface area (Å²) in [6, 6.07) is 19.7. The molecule has 2 aliphatic rings. The van der Waals surface area contributed by atoms with Gasteiger partial charge in [-0.3, -0.25) is 9.69 Å². The van der Waals surface area contributed by atoms with Crippen LogP contribution in [0.4, 0.5) is 10.1 Å². The average molecular weight is 763 g/mol. The lowest BCUT2D eigenvalue weighted by molar-refractivity contribution is 0.0979. The molecule has 1 aliphatic heterocycles. The number of benzene rings is 3. The van der Waals surface area contributed by atoms with Gasteiger partial charge in [-0.25, -0.2) is 22.5 Å². The van der Waals surface area contributed by atoms with Gasteiger partial charge in [0.1, 0.15) is 23.0 Å². The van der Waals surface area contributed by atoms with Crippen LogP contribution in [0.2, 0.25) is 10.0 Å². The Morgan fingerprint density at radius 3 is 2.50 bits per heavy atom. The number of aromatic amines is 1. The molecule has 3 aromatic carbocycles. The van der Waals surface area contributed by atoms with Crippen LogP contribution in [0.5, 0.6) is 11.5 Å². The number of fused-ring (bicyclic) bond motifs is 1. The molecule has 3 heterocycles. The number of carbonyl (C=O) groups excluding carboxylic acids is 1. The number of hydrogen-bond donors (Lipinski definition) is 2. The minimum atomic E-state index is -4.46. The molecular weight excluding hydrogens is 724 g/mol. The number of rotatable bonds is 9. The normalized spacial score (nSPS) is 16.7. The topological polar surface area (TPSA) is 108 Å². The first-order chi connectivity index (χ1) is 24.8. The minimum Gasteiger partial charge on any atom is -0.455 e. The molecule has 2 aromatic heterocycles. The van der Waals surface area contributed by atoms with Gasteiger partial charge in [0.05, 0.1) is 16.7 Å². The summed E-state index contributed by atoms with van der Waals surface area (Å²) >= 11 is 12.1. The van der Waals surface area contributed by atoms with Crippen LogP contribution in [0.25, 0.3) is 16.6 Å². The van der Waals surface area contributed by atoms with E-state index in [9.17, 15) is 17.6 Å². The Hall–Kier alpha value is -4.42. The maximum absolute atomic E-state index is 14.0. The predicted octanol–water partition coefficient (Wildman–Crippen LogP) is 8.71. The summed E-state index contributed by atoms with van der Waals surface area (Å²) < 4.78 is 48.5. The molecule has 0 atom stereocenters. The van der Waals surface area contributed by atoms with Crippen LogP contribution in [0.15, 0.2) is 95.7 Å². The number of sulfonamides is 1. The Labute approximate surface area is 312 Å². The van der Waals surface area contributed by atoms with E-state index in [1.54, 1.807) is 24.4 Å². The van der Waals surface area contributed by atoms with Crippen molar-refractivity contribution in [3.05, 3.63) is 118 Å². The van der Waals surface area contributed by atoms with Crippen LogP contribution < -0.4 is 14.4 Å². The Kier molecular flexibility index (Phi) is 10.1. The summed E-state index contributed by atoms with van der Waals surface area (Å²) in [7, 11) is -4.46. The van der Waals surface area contributed by atoms with Crippen LogP contribution in [-0.2, 0) is 10.0 Å². The molecule has 1 amide bonds. The van der Waals surface area contributed by atoms with Gasteiger partial charge >= 0.3 is 0 Å². The van der Waals surface area contributed by atoms with Crippen LogP contribution in [-0.4, -0.2) is 61.9 Å². The number of allylic oxidation sites excluding steroid dienone is 1. The predicted molar refractivity (Wildman–Crippen MR) is 203 cm³/mol. The second kappa shape index (κ2) is 14.5. The molecule has 52 heavy (non-hydrogen) atoms. The van der Waals surface area contributed by atoms with E-state index in [1.165, 1.54) is 29.0 Å². The van der Waals surface area contributed by atoms with Crippen molar-refractivity contribution in [2.45, 2.75) is 38.0 Å². The van der Waals surface area contributed by atoms with Crippen molar-refractivity contribution in [2.24, 2.45) is 5.41 Å². The molecule has 13 heteroatoms. The smallest absolute Gasteiger partial charge is 0.268 e. The van der Waals surface area contributed by atoms with Gasteiger partial charge in [-0.1, -0.05) is 54.8 Å². The number of amides is 1. The van der Waals surface area contributed by atoms with Gasteiger partial charge in [0, 0.05) is 66.1 Å². The Morgan fingerprint density at radius 2 is 1.75 bits per heavy atom. The summed E-state index contributed by atoms with van der Waals surface area (Å²) in [5.74, 6) is -1.28. The van der Waals surface area contributed by atoms with E-state index in [-0.39, 0.29) is 21.8 Å². The second-order valence-electron chi connectivity index (χ2n) is 14.1. The molecule has 1 aliphatic carbocycles. The largest absolute Gasteiger partial charge is 0.455 e. The molecular formula is C39H38Cl2FN5O4S. The number of aromatic nitrogens is 2. The number of nitrogens with one attached hydrogen (secondary N) is 2. The maximum atomic E-state index is 14.0. The molecule has 9 nitrogen and oxygen atoms in total. The third kappa shape index (κ3) is 8.13. The Bertz CT molecular complexity index is 2260. The first-order valence-corrected chi connectivity index (χ1v) is 19.3. The zero-order valence-electron chi connectivity index (χ0n) is 28.8. The van der Waals surface area contributed by atoms with E-state index < -0.39 is 26.6 Å². The summed E-state index contributed by atoms with van der Waals surface area (Å²) in [4.78, 5) is 25.2. The molecule has 0 bridgehead atoms. The van der Waals surface area contributed by atoms with Crippen molar-refractivity contribution in [3.63, 3.8) is 0 Å². The highest BCUT2D eigenvalue weighted by molar-refractivity contribution is 7.90. The van der Waals surface area contributed by atoms with Crippen LogP contribution in [0.3, 0.4) is 0 Å². The van der Waals surface area contributed by atoms with Gasteiger partial charge in [0.25, 0.3) is 15.9 Å². The lowest BCUT2D eigenvalue weighted by atomic mass is 9.72. The highest BCUT2D eigenvalue weighted by atomic mass is 35.5. The zero-order valence-corrected chi connectivity index (χ0v) is 31.1. The van der Waals surface area contributed by atoms with Crippen LogP contribution in [0.1, 0.15) is 49.0 Å². The van der Waals surface area contributed by atoms with Crippen LogP contribution >= 0.6 is 23.2 Å². The van der Waals surface area contributed by atoms with E-state index >= 15 is 0 Å². The van der Waals surface area contributed by atoms with Crippen LogP contribution in [0, 0.1) is 11.2 Å². The van der Waals surface area contributed by atoms with E-state index in [0.29, 0.717) is 11.4 Å². The number of H-pyrrole nitrogens is 1. The van der Waals surface area contributed by atoms with E-state index in [4.69, 9.17) is 27.9 Å². The fraction of sp³-hybridized carbons (Fsp3) is 0.282. The number of pyridine rings is 1. The molecule has 5 aromatic rings. The van der Waals surface area contributed by atoms with Gasteiger partial charge in [0.15, 0.2) is 0 Å². The van der Waals surface area contributed by atoms with E-state index in [2.05, 4.69) is 45.7 Å². The van der Waals surface area contributed by atoms with Crippen molar-refractivity contribution in [3.8, 4) is 11.5 Å². The fourth-order valence-corrected chi connectivity index (χ4v) is 8.33. The number of nitrogens with zero attached hydrogens (tertiary/aromatic N) is 3. The Balaban J connectivity index is 1.11. The van der Waals surface area contributed by atoms with Gasteiger partial charge in [-0.05, 0) is 90.4 Å². The second-order valence-corrected chi connectivity index (χ2v) is 16.7. The number of ether oxygens (including phenoxy) is 1. The third-order valence-corrected chi connectivity index (χ3v) is 11.5. The summed E-state index contributed by atoms with van der Waals surface area (Å²) in [6.45, 7) is 8.72. The SMILES string of the molecule is CC1(C)CCC(CN2CCN(c3ccc(C(=O)NS(=O)(=O)c4cc(F)cc(Cl)c4)c(Oc4cnc5[nH]ccc5c4)c3)CC2)=C(c2ccc(Cl)cc2)C1. The fourth-order valence-electron chi connectivity index (χ4n) is 6.90. The molecule has 1 saturated heterocycles. The van der Waals surface area contributed by atoms with Crippen molar-refractivity contribution in [1.82, 2.24) is 19.6 Å². The average Bonchev–Trinajstić information content (AvgIpc) is 3.57. The number of carbonyl (C=O) groups is 1. The van der Waals surface area contributed by atoms with Crippen molar-refractivity contribution < 1.29 is 22.3 Å². The number of anilines is 1. The highest BCUT2D eigenvalue weighted by Crippen LogP contribution is 2.43. The quantitative estimate of drug-likeness (QED) is 0.155. The molecule has 0 spiro atoms. The lowest BCUT2D eigenvalue weighted by Gasteiger charge is -2.39. The van der Waals surface area contributed by atoms with Gasteiger partial charge < -0.3 is 14.6 Å². The lowest BCUT2D eigenvalue weighted by Crippen LogP contribution is -2.47. The molecule has 270 valence electrons. The zero-order chi connectivity index (χ0) is 36.6. The molecule has 2 N–H and O–H groups in total. The minimum absolute atomic E-state index is 0.0236. The molecule has 0 unspecified atom stereocenters. The molecule has 1 fully saturated rings.